The summed E-state index contributed by atoms with van der Waals surface area (Å²) < 4.78 is 37.9. The van der Waals surface area contributed by atoms with Crippen LogP contribution in [0.1, 0.15) is 17.0 Å². The Morgan fingerprint density at radius 2 is 1.85 bits per heavy atom. The van der Waals surface area contributed by atoms with Crippen molar-refractivity contribution in [1.82, 2.24) is 9.97 Å². The van der Waals surface area contributed by atoms with Crippen LogP contribution in [0.5, 0.6) is 0 Å². The van der Waals surface area contributed by atoms with Crippen LogP contribution in [-0.4, -0.2) is 9.97 Å². The predicted molar refractivity (Wildman–Crippen MR) is 70.6 cm³/mol. The monoisotopic (exact) mass is 282 g/mol. The van der Waals surface area contributed by atoms with Gasteiger partial charge in [-0.3, -0.25) is 0 Å². The van der Waals surface area contributed by atoms with Gasteiger partial charge in [0.2, 0.25) is 0 Å². The van der Waals surface area contributed by atoms with Crippen LogP contribution in [-0.2, 0) is 6.18 Å². The molecule has 1 heterocycles. The van der Waals surface area contributed by atoms with Gasteiger partial charge in [-0.1, -0.05) is 6.07 Å². The number of nitrogens with zero attached hydrogens (tertiary/aromatic N) is 2. The van der Waals surface area contributed by atoms with Gasteiger partial charge in [0.25, 0.3) is 0 Å². The molecule has 0 saturated heterocycles. The summed E-state index contributed by atoms with van der Waals surface area (Å²) in [6, 6.07) is 4.89. The van der Waals surface area contributed by atoms with E-state index in [4.69, 9.17) is 5.73 Å². The maximum atomic E-state index is 12.6. The number of anilines is 3. The Labute approximate surface area is 113 Å². The average molecular weight is 282 g/mol. The number of aromatic nitrogens is 2. The molecule has 0 atom stereocenters. The van der Waals surface area contributed by atoms with Crippen LogP contribution < -0.4 is 11.1 Å². The molecule has 1 aromatic heterocycles. The van der Waals surface area contributed by atoms with Gasteiger partial charge in [-0.2, -0.15) is 13.2 Å². The number of hydrogen-bond donors (Lipinski definition) is 2. The van der Waals surface area contributed by atoms with Crippen LogP contribution in [0.15, 0.2) is 24.3 Å². The van der Waals surface area contributed by atoms with Crippen molar-refractivity contribution in [2.45, 2.75) is 20.0 Å². The number of alkyl halides is 3. The lowest BCUT2D eigenvalue weighted by molar-refractivity contribution is -0.137. The minimum Gasteiger partial charge on any atom is -0.383 e. The Balaban J connectivity index is 2.36. The van der Waals surface area contributed by atoms with E-state index in [9.17, 15) is 13.2 Å². The molecule has 7 heteroatoms. The molecule has 2 aromatic rings. The van der Waals surface area contributed by atoms with Gasteiger partial charge >= 0.3 is 6.18 Å². The molecule has 0 amide bonds. The van der Waals surface area contributed by atoms with Crippen molar-refractivity contribution in [2.75, 3.05) is 11.1 Å². The number of hydrogen-bond acceptors (Lipinski definition) is 4. The van der Waals surface area contributed by atoms with Gasteiger partial charge in [-0.05, 0) is 32.0 Å². The van der Waals surface area contributed by atoms with Crippen LogP contribution in [0, 0.1) is 13.8 Å². The van der Waals surface area contributed by atoms with Crippen LogP contribution in [0.3, 0.4) is 0 Å². The molecule has 4 nitrogen and oxygen atoms in total. The minimum atomic E-state index is -4.38. The van der Waals surface area contributed by atoms with E-state index in [0.29, 0.717) is 28.7 Å². The summed E-state index contributed by atoms with van der Waals surface area (Å²) >= 11 is 0. The van der Waals surface area contributed by atoms with E-state index < -0.39 is 11.7 Å². The van der Waals surface area contributed by atoms with Gasteiger partial charge in [0, 0.05) is 11.3 Å². The molecule has 0 bridgehead atoms. The summed E-state index contributed by atoms with van der Waals surface area (Å²) in [5.74, 6) is 1.14. The van der Waals surface area contributed by atoms with E-state index in [1.54, 1.807) is 13.8 Å². The maximum absolute atomic E-state index is 12.6. The lowest BCUT2D eigenvalue weighted by Gasteiger charge is -2.12. The first-order valence-electron chi connectivity index (χ1n) is 5.82. The SMILES string of the molecule is Cc1nc(N)c(C)c(Nc2cccc(C(F)(F)F)c2)n1. The van der Waals surface area contributed by atoms with E-state index in [-0.39, 0.29) is 0 Å². The van der Waals surface area contributed by atoms with Crippen molar-refractivity contribution in [3.05, 3.63) is 41.2 Å². The highest BCUT2D eigenvalue weighted by Crippen LogP contribution is 2.31. The number of halogens is 3. The highest BCUT2D eigenvalue weighted by Gasteiger charge is 2.30. The number of aryl methyl sites for hydroxylation is 1. The summed E-state index contributed by atoms with van der Waals surface area (Å²) in [4.78, 5) is 8.12. The van der Waals surface area contributed by atoms with Gasteiger partial charge in [-0.15, -0.1) is 0 Å². The number of nitrogens with one attached hydrogen (secondary N) is 1. The fraction of sp³-hybridized carbons (Fsp3) is 0.231. The number of nitrogen functional groups attached to an aromatic ring is 1. The number of benzene rings is 1. The Morgan fingerprint density at radius 1 is 1.15 bits per heavy atom. The van der Waals surface area contributed by atoms with Crippen LogP contribution in [0.4, 0.5) is 30.5 Å². The first-order chi connectivity index (χ1) is 9.27. The third-order valence-electron chi connectivity index (χ3n) is 2.75. The predicted octanol–water partition coefficient (Wildman–Crippen LogP) is 3.44. The molecule has 0 spiro atoms. The molecule has 1 aromatic carbocycles. The molecule has 0 aliphatic heterocycles. The van der Waals surface area contributed by atoms with Gasteiger partial charge < -0.3 is 11.1 Å². The topological polar surface area (TPSA) is 63.8 Å². The highest BCUT2D eigenvalue weighted by atomic mass is 19.4. The van der Waals surface area contributed by atoms with Gasteiger partial charge in [0.05, 0.1) is 5.56 Å². The van der Waals surface area contributed by atoms with E-state index in [1.165, 1.54) is 12.1 Å². The highest BCUT2D eigenvalue weighted by molar-refractivity contribution is 5.64. The standard InChI is InChI=1S/C13H13F3N4/c1-7-11(17)18-8(2)19-12(7)20-10-5-3-4-9(6-10)13(14,15)16/h3-6H,1-2H3,(H3,17,18,19,20). The second-order valence-corrected chi connectivity index (χ2v) is 4.33. The lowest BCUT2D eigenvalue weighted by Crippen LogP contribution is -2.07. The zero-order valence-corrected chi connectivity index (χ0v) is 10.9. The second kappa shape index (κ2) is 4.99. The normalized spacial score (nSPS) is 11.4. The Kier molecular flexibility index (Phi) is 3.52. The van der Waals surface area contributed by atoms with Crippen LogP contribution >= 0.6 is 0 Å². The van der Waals surface area contributed by atoms with E-state index >= 15 is 0 Å². The Morgan fingerprint density at radius 3 is 2.50 bits per heavy atom. The Hall–Kier alpha value is -2.31. The third kappa shape index (κ3) is 2.98. The molecular weight excluding hydrogens is 269 g/mol. The summed E-state index contributed by atoms with van der Waals surface area (Å²) in [5.41, 5.74) is 5.86. The smallest absolute Gasteiger partial charge is 0.383 e. The fourth-order valence-electron chi connectivity index (χ4n) is 1.68. The first-order valence-corrected chi connectivity index (χ1v) is 5.82. The Bertz CT molecular complexity index is 638. The molecule has 20 heavy (non-hydrogen) atoms. The summed E-state index contributed by atoms with van der Waals surface area (Å²) in [6.07, 6.45) is -4.38. The fourth-order valence-corrected chi connectivity index (χ4v) is 1.68. The van der Waals surface area contributed by atoms with Crippen molar-refractivity contribution < 1.29 is 13.2 Å². The summed E-state index contributed by atoms with van der Waals surface area (Å²) in [6.45, 7) is 3.36. The maximum Gasteiger partial charge on any atom is 0.416 e. The van der Waals surface area contributed by atoms with E-state index in [0.717, 1.165) is 12.1 Å². The number of rotatable bonds is 2. The van der Waals surface area contributed by atoms with Crippen LogP contribution in [0.2, 0.25) is 0 Å². The van der Waals surface area contributed by atoms with Gasteiger partial charge in [0.15, 0.2) is 0 Å². The van der Waals surface area contributed by atoms with E-state index in [1.807, 2.05) is 0 Å². The van der Waals surface area contributed by atoms with Crippen molar-refractivity contribution in [2.24, 2.45) is 0 Å². The number of nitrogens with two attached hydrogens (primary N) is 1. The largest absolute Gasteiger partial charge is 0.416 e. The summed E-state index contributed by atoms with van der Waals surface area (Å²) in [7, 11) is 0. The zero-order valence-electron chi connectivity index (χ0n) is 10.9. The molecule has 0 saturated carbocycles. The average Bonchev–Trinajstić information content (AvgIpc) is 2.35. The molecule has 2 rings (SSSR count). The van der Waals surface area contributed by atoms with Gasteiger partial charge in [-0.25, -0.2) is 9.97 Å². The minimum absolute atomic E-state index is 0.292. The van der Waals surface area contributed by atoms with Crippen molar-refractivity contribution in [3.8, 4) is 0 Å². The molecule has 0 aliphatic carbocycles. The quantitative estimate of drug-likeness (QED) is 0.885. The molecule has 0 fully saturated rings. The zero-order chi connectivity index (χ0) is 14.9. The van der Waals surface area contributed by atoms with Crippen LogP contribution in [0.25, 0.3) is 0 Å². The molecule has 0 unspecified atom stereocenters. The van der Waals surface area contributed by atoms with E-state index in [2.05, 4.69) is 15.3 Å². The molecular formula is C13H13F3N4. The van der Waals surface area contributed by atoms with Crippen molar-refractivity contribution >= 4 is 17.3 Å². The molecule has 0 radical (unpaired) electrons. The summed E-state index contributed by atoms with van der Waals surface area (Å²) in [5, 5.41) is 2.84. The molecule has 3 N–H and O–H groups in total. The van der Waals surface area contributed by atoms with Crippen molar-refractivity contribution in [1.29, 1.82) is 0 Å². The third-order valence-corrected chi connectivity index (χ3v) is 2.75. The molecule has 106 valence electrons. The van der Waals surface area contributed by atoms with Gasteiger partial charge in [0.1, 0.15) is 17.5 Å². The first kappa shape index (κ1) is 14.1. The van der Waals surface area contributed by atoms with Crippen molar-refractivity contribution in [3.63, 3.8) is 0 Å². The second-order valence-electron chi connectivity index (χ2n) is 4.33. The molecule has 0 aliphatic rings. The lowest BCUT2D eigenvalue weighted by atomic mass is 10.2.